The molecule has 0 aliphatic heterocycles. The van der Waals surface area contributed by atoms with E-state index in [-0.39, 0.29) is 0 Å². The predicted molar refractivity (Wildman–Crippen MR) is 52.8 cm³/mol. The minimum Gasteiger partial charge on any atom is -0.426 e. The first-order valence-electron chi connectivity index (χ1n) is 3.77. The summed E-state index contributed by atoms with van der Waals surface area (Å²) in [5.74, 6) is 0.754. The van der Waals surface area contributed by atoms with Gasteiger partial charge in [-0.1, -0.05) is 22.0 Å². The second kappa shape index (κ2) is 3.62. The monoisotopic (exact) mass is 238 g/mol. The third-order valence-corrected chi connectivity index (χ3v) is 1.98. The molecule has 0 atom stereocenters. The van der Waals surface area contributed by atoms with Crippen LogP contribution in [-0.4, -0.2) is 9.97 Å². The molecule has 2 rings (SSSR count). The number of aromatic nitrogens is 2. The van der Waals surface area contributed by atoms with Crippen molar-refractivity contribution in [1.29, 1.82) is 0 Å². The molecular formula is C9H7BrN2O. The Morgan fingerprint density at radius 3 is 3.00 bits per heavy atom. The van der Waals surface area contributed by atoms with Crippen LogP contribution in [-0.2, 0) is 0 Å². The number of hydrogen-bond donors (Lipinski definition) is 1. The smallest absolute Gasteiger partial charge is 0.299 e. The van der Waals surface area contributed by atoms with Crippen LogP contribution in [0.3, 0.4) is 0 Å². The highest BCUT2D eigenvalue weighted by molar-refractivity contribution is 9.10. The molecule has 0 amide bonds. The number of halogens is 1. The average molecular weight is 239 g/mol. The van der Waals surface area contributed by atoms with Crippen molar-refractivity contribution in [2.45, 2.75) is 0 Å². The lowest BCUT2D eigenvalue weighted by Crippen LogP contribution is -1.84. The fraction of sp³-hybridized carbons (Fsp3) is 0. The zero-order valence-corrected chi connectivity index (χ0v) is 8.28. The van der Waals surface area contributed by atoms with E-state index in [1.54, 1.807) is 12.4 Å². The molecule has 0 bridgehead atoms. The summed E-state index contributed by atoms with van der Waals surface area (Å²) in [6.45, 7) is 0. The van der Waals surface area contributed by atoms with Crippen LogP contribution in [0.4, 0.5) is 0 Å². The molecule has 0 fully saturated rings. The van der Waals surface area contributed by atoms with Gasteiger partial charge in [-0.2, -0.15) is 0 Å². The zero-order chi connectivity index (χ0) is 9.10. The summed E-state index contributed by atoms with van der Waals surface area (Å²) in [5.41, 5.74) is 0. The van der Waals surface area contributed by atoms with Crippen LogP contribution in [0.15, 0.2) is 41.1 Å². The van der Waals surface area contributed by atoms with E-state index in [0.29, 0.717) is 6.01 Å². The summed E-state index contributed by atoms with van der Waals surface area (Å²) in [4.78, 5) is 6.80. The molecule has 0 aliphatic rings. The van der Waals surface area contributed by atoms with Gasteiger partial charge in [0.2, 0.25) is 0 Å². The van der Waals surface area contributed by atoms with Crippen LogP contribution in [0, 0.1) is 0 Å². The number of nitrogens with one attached hydrogen (secondary N) is 1. The van der Waals surface area contributed by atoms with E-state index in [4.69, 9.17) is 4.74 Å². The summed E-state index contributed by atoms with van der Waals surface area (Å²) >= 11 is 3.36. The Morgan fingerprint density at radius 1 is 1.38 bits per heavy atom. The molecule has 2 aromatic rings. The van der Waals surface area contributed by atoms with Gasteiger partial charge in [-0.05, 0) is 18.2 Å². The van der Waals surface area contributed by atoms with E-state index >= 15 is 0 Å². The zero-order valence-electron chi connectivity index (χ0n) is 6.70. The van der Waals surface area contributed by atoms with Crippen molar-refractivity contribution in [2.24, 2.45) is 0 Å². The van der Waals surface area contributed by atoms with Crippen molar-refractivity contribution in [3.05, 3.63) is 41.1 Å². The normalized spacial score (nSPS) is 9.92. The summed E-state index contributed by atoms with van der Waals surface area (Å²) < 4.78 is 6.39. The van der Waals surface area contributed by atoms with E-state index in [2.05, 4.69) is 25.9 Å². The second-order valence-corrected chi connectivity index (χ2v) is 3.37. The van der Waals surface area contributed by atoms with Crippen LogP contribution in [0.1, 0.15) is 0 Å². The van der Waals surface area contributed by atoms with Crippen LogP contribution in [0.5, 0.6) is 11.8 Å². The van der Waals surface area contributed by atoms with Crippen LogP contribution < -0.4 is 4.74 Å². The molecule has 0 aliphatic carbocycles. The van der Waals surface area contributed by atoms with Crippen molar-refractivity contribution in [3.8, 4) is 11.8 Å². The van der Waals surface area contributed by atoms with Gasteiger partial charge in [-0.25, -0.2) is 4.98 Å². The second-order valence-electron chi connectivity index (χ2n) is 2.45. The highest BCUT2D eigenvalue weighted by Crippen LogP contribution is 2.21. The molecular weight excluding hydrogens is 232 g/mol. The Balaban J connectivity index is 2.19. The molecule has 0 spiro atoms. The molecule has 1 aromatic heterocycles. The third kappa shape index (κ3) is 2.09. The molecule has 0 saturated heterocycles. The summed E-state index contributed by atoms with van der Waals surface area (Å²) in [5, 5.41) is 0. The fourth-order valence-electron chi connectivity index (χ4n) is 0.949. The molecule has 1 aromatic carbocycles. The molecule has 3 nitrogen and oxygen atoms in total. The highest BCUT2D eigenvalue weighted by Gasteiger charge is 1.97. The lowest BCUT2D eigenvalue weighted by Gasteiger charge is -2.00. The quantitative estimate of drug-likeness (QED) is 0.874. The van der Waals surface area contributed by atoms with Crippen molar-refractivity contribution >= 4 is 15.9 Å². The number of rotatable bonds is 2. The number of H-pyrrole nitrogens is 1. The molecule has 0 radical (unpaired) electrons. The maximum Gasteiger partial charge on any atom is 0.299 e. The van der Waals surface area contributed by atoms with Crippen LogP contribution in [0.25, 0.3) is 0 Å². The topological polar surface area (TPSA) is 37.9 Å². The molecule has 1 heterocycles. The average Bonchev–Trinajstić information content (AvgIpc) is 2.57. The van der Waals surface area contributed by atoms with Gasteiger partial charge < -0.3 is 9.72 Å². The van der Waals surface area contributed by atoms with Crippen LogP contribution >= 0.6 is 15.9 Å². The SMILES string of the molecule is Brc1cccc(Oc2ncc[nH]2)c1. The van der Waals surface area contributed by atoms with Gasteiger partial charge in [0.1, 0.15) is 5.75 Å². The predicted octanol–water partition coefficient (Wildman–Crippen LogP) is 2.96. The Hall–Kier alpha value is -1.29. The molecule has 0 saturated carbocycles. The molecule has 1 N–H and O–H groups in total. The lowest BCUT2D eigenvalue weighted by atomic mass is 10.3. The van der Waals surface area contributed by atoms with Crippen molar-refractivity contribution in [2.75, 3.05) is 0 Å². The van der Waals surface area contributed by atoms with Gasteiger partial charge in [-0.15, -0.1) is 0 Å². The first kappa shape index (κ1) is 8.31. The van der Waals surface area contributed by atoms with Crippen molar-refractivity contribution in [3.63, 3.8) is 0 Å². The van der Waals surface area contributed by atoms with E-state index in [1.807, 2.05) is 24.3 Å². The van der Waals surface area contributed by atoms with Gasteiger partial charge in [0.05, 0.1) is 0 Å². The largest absolute Gasteiger partial charge is 0.426 e. The summed E-state index contributed by atoms with van der Waals surface area (Å²) in [6, 6.07) is 8.09. The van der Waals surface area contributed by atoms with Gasteiger partial charge >= 0.3 is 0 Å². The third-order valence-electron chi connectivity index (χ3n) is 1.48. The Kier molecular flexibility index (Phi) is 2.31. The van der Waals surface area contributed by atoms with E-state index in [1.165, 1.54) is 0 Å². The number of benzene rings is 1. The Morgan fingerprint density at radius 2 is 2.31 bits per heavy atom. The Labute approximate surface area is 83.9 Å². The van der Waals surface area contributed by atoms with Crippen molar-refractivity contribution in [1.82, 2.24) is 9.97 Å². The Bertz CT molecular complexity index is 386. The van der Waals surface area contributed by atoms with Gasteiger partial charge in [-0.3, -0.25) is 0 Å². The molecule has 66 valence electrons. The minimum atomic E-state index is 0.498. The first-order chi connectivity index (χ1) is 6.34. The molecule has 13 heavy (non-hydrogen) atoms. The number of nitrogens with zero attached hydrogens (tertiary/aromatic N) is 1. The van der Waals surface area contributed by atoms with Gasteiger partial charge in [0.15, 0.2) is 0 Å². The van der Waals surface area contributed by atoms with E-state index < -0.39 is 0 Å². The molecule has 4 heteroatoms. The number of ether oxygens (including phenoxy) is 1. The number of aromatic amines is 1. The maximum absolute atomic E-state index is 5.40. The summed E-state index contributed by atoms with van der Waals surface area (Å²) in [7, 11) is 0. The van der Waals surface area contributed by atoms with Gasteiger partial charge in [0.25, 0.3) is 6.01 Å². The van der Waals surface area contributed by atoms with E-state index in [0.717, 1.165) is 10.2 Å². The number of hydrogen-bond acceptors (Lipinski definition) is 2. The highest BCUT2D eigenvalue weighted by atomic mass is 79.9. The van der Waals surface area contributed by atoms with Crippen LogP contribution in [0.2, 0.25) is 0 Å². The van der Waals surface area contributed by atoms with Crippen molar-refractivity contribution < 1.29 is 4.74 Å². The van der Waals surface area contributed by atoms with E-state index in [9.17, 15) is 0 Å². The lowest BCUT2D eigenvalue weighted by molar-refractivity contribution is 0.447. The molecule has 0 unspecified atom stereocenters. The number of imidazole rings is 1. The first-order valence-corrected chi connectivity index (χ1v) is 4.57. The van der Waals surface area contributed by atoms with Gasteiger partial charge in [0, 0.05) is 16.9 Å². The standard InChI is InChI=1S/C9H7BrN2O/c10-7-2-1-3-8(6-7)13-9-11-4-5-12-9/h1-6H,(H,11,12). The maximum atomic E-state index is 5.40. The minimum absolute atomic E-state index is 0.498. The summed E-state index contributed by atoms with van der Waals surface area (Å²) in [6.07, 6.45) is 3.36. The fourth-order valence-corrected chi connectivity index (χ4v) is 1.33.